The number of hydrogen-bond acceptors (Lipinski definition) is 7. The predicted molar refractivity (Wildman–Crippen MR) is 82.2 cm³/mol. The van der Waals surface area contributed by atoms with Gasteiger partial charge < -0.3 is 4.90 Å². The van der Waals surface area contributed by atoms with E-state index in [9.17, 15) is 14.4 Å². The maximum Gasteiger partial charge on any atom is 0.327 e. The molecule has 9 heteroatoms. The van der Waals surface area contributed by atoms with Gasteiger partial charge >= 0.3 is 6.03 Å². The molecule has 3 rings (SSSR count). The van der Waals surface area contributed by atoms with Crippen LogP contribution in [0.15, 0.2) is 5.10 Å². The summed E-state index contributed by atoms with van der Waals surface area (Å²) in [6, 6.07) is -0.774. The van der Waals surface area contributed by atoms with Gasteiger partial charge in [-0.3, -0.25) is 24.8 Å². The van der Waals surface area contributed by atoms with Crippen molar-refractivity contribution in [2.24, 2.45) is 5.10 Å². The molecule has 126 valence electrons. The minimum absolute atomic E-state index is 0.00832. The number of ketones is 1. The number of hydrogen-bond donors (Lipinski definition) is 1. The van der Waals surface area contributed by atoms with Gasteiger partial charge in [-0.05, 0) is 20.8 Å². The van der Waals surface area contributed by atoms with Gasteiger partial charge in [0.25, 0.3) is 5.91 Å². The topological polar surface area (TPSA) is 88.6 Å². The summed E-state index contributed by atoms with van der Waals surface area (Å²) >= 11 is 0. The lowest BCUT2D eigenvalue weighted by atomic mass is 10.1. The quantitative estimate of drug-likeness (QED) is 0.722. The molecule has 3 amide bonds. The number of amides is 3. The third-order valence-corrected chi connectivity index (χ3v) is 4.45. The molecule has 23 heavy (non-hydrogen) atoms. The van der Waals surface area contributed by atoms with Crippen LogP contribution in [0.2, 0.25) is 0 Å². The molecule has 3 aliphatic heterocycles. The molecule has 0 aromatic rings. The average Bonchev–Trinajstić information content (AvgIpc) is 2.84. The van der Waals surface area contributed by atoms with E-state index in [0.29, 0.717) is 13.1 Å². The van der Waals surface area contributed by atoms with Crippen LogP contribution in [0.1, 0.15) is 20.8 Å². The maximum absolute atomic E-state index is 12.8. The van der Waals surface area contributed by atoms with Gasteiger partial charge in [-0.15, -0.1) is 0 Å². The first-order chi connectivity index (χ1) is 10.8. The fourth-order valence-corrected chi connectivity index (χ4v) is 3.49. The largest absolute Gasteiger partial charge is 0.327 e. The molecule has 1 N–H and O–H groups in total. The summed E-state index contributed by atoms with van der Waals surface area (Å²) in [5.74, 6) is -0.209. The Balaban J connectivity index is 1.94. The number of imide groups is 1. The monoisotopic (exact) mass is 322 g/mol. The van der Waals surface area contributed by atoms with Crippen LogP contribution in [0.5, 0.6) is 0 Å². The van der Waals surface area contributed by atoms with Crippen LogP contribution in [0.4, 0.5) is 4.79 Å². The number of nitrogens with zero attached hydrogens (tertiary/aromatic N) is 5. The molecule has 3 heterocycles. The van der Waals surface area contributed by atoms with Crippen LogP contribution in [0.3, 0.4) is 0 Å². The number of rotatable bonds is 3. The number of likely N-dealkylation sites (N-methyl/N-ethyl adjacent to an activating group) is 2. The Morgan fingerprint density at radius 2 is 2.09 bits per heavy atom. The lowest BCUT2D eigenvalue weighted by molar-refractivity contribution is -0.138. The smallest absolute Gasteiger partial charge is 0.310 e. The molecule has 3 aliphatic rings. The van der Waals surface area contributed by atoms with Gasteiger partial charge in [0.2, 0.25) is 0 Å². The van der Waals surface area contributed by atoms with E-state index < -0.39 is 12.2 Å². The molecular formula is C14H22N6O3. The molecule has 0 saturated carbocycles. The Kier molecular flexibility index (Phi) is 3.85. The molecule has 0 aliphatic carbocycles. The van der Waals surface area contributed by atoms with Crippen molar-refractivity contribution in [1.82, 2.24) is 25.0 Å². The fourth-order valence-electron chi connectivity index (χ4n) is 3.49. The van der Waals surface area contributed by atoms with Gasteiger partial charge in [0, 0.05) is 25.8 Å². The molecule has 0 aromatic carbocycles. The number of carbonyl (C=O) groups is 3. The zero-order valence-corrected chi connectivity index (χ0v) is 13.8. The van der Waals surface area contributed by atoms with Crippen molar-refractivity contribution in [2.45, 2.75) is 39.3 Å². The van der Waals surface area contributed by atoms with Crippen LogP contribution in [-0.2, 0) is 9.59 Å². The van der Waals surface area contributed by atoms with E-state index in [-0.39, 0.29) is 30.6 Å². The minimum Gasteiger partial charge on any atom is -0.310 e. The predicted octanol–water partition coefficient (Wildman–Crippen LogP) is -0.936. The number of Topliss-reactive ketones (excluding diaryl/α,β-unsaturated/α-hetero) is 1. The Hall–Kier alpha value is -2.00. The second-order valence-electron chi connectivity index (χ2n) is 6.21. The van der Waals surface area contributed by atoms with Crippen LogP contribution < -0.4 is 5.32 Å². The number of urea groups is 1. The zero-order chi connectivity index (χ0) is 16.9. The molecule has 0 spiro atoms. The van der Waals surface area contributed by atoms with Gasteiger partial charge in [0.1, 0.15) is 12.2 Å². The molecule has 3 unspecified atom stereocenters. The van der Waals surface area contributed by atoms with Crippen LogP contribution in [0.25, 0.3) is 0 Å². The van der Waals surface area contributed by atoms with Gasteiger partial charge in [-0.2, -0.15) is 5.10 Å². The highest BCUT2D eigenvalue weighted by atomic mass is 16.2. The number of hydrazone groups is 1. The standard InChI is InChI=1S/C14H22N6O3/c1-5-18-12(22)10-11(17(4)14(18)23)15-13-19(10)6-8(2)16-20(13)7-9(3)21/h10-11,13,15H,5-7H2,1-4H3. The van der Waals surface area contributed by atoms with Gasteiger partial charge in [-0.1, -0.05) is 0 Å². The van der Waals surface area contributed by atoms with Crippen molar-refractivity contribution in [2.75, 3.05) is 26.7 Å². The van der Waals surface area contributed by atoms with Crippen molar-refractivity contribution >= 4 is 23.4 Å². The lowest BCUT2D eigenvalue weighted by Crippen LogP contribution is -2.66. The van der Waals surface area contributed by atoms with Crippen molar-refractivity contribution in [3.63, 3.8) is 0 Å². The van der Waals surface area contributed by atoms with Gasteiger partial charge in [0.15, 0.2) is 12.1 Å². The molecular weight excluding hydrogens is 300 g/mol. The van der Waals surface area contributed by atoms with Crippen molar-refractivity contribution in [3.8, 4) is 0 Å². The maximum atomic E-state index is 12.8. The van der Waals surface area contributed by atoms with Gasteiger partial charge in [-0.25, -0.2) is 9.69 Å². The molecule has 3 atom stereocenters. The van der Waals surface area contributed by atoms with E-state index in [2.05, 4.69) is 10.4 Å². The first-order valence-electron chi connectivity index (χ1n) is 7.75. The van der Waals surface area contributed by atoms with E-state index >= 15 is 0 Å². The second kappa shape index (κ2) is 5.57. The normalized spacial score (nSPS) is 31.2. The van der Waals surface area contributed by atoms with Crippen LogP contribution in [0, 0.1) is 0 Å². The summed E-state index contributed by atoms with van der Waals surface area (Å²) in [5.41, 5.74) is 0.834. The highest BCUT2D eigenvalue weighted by Crippen LogP contribution is 2.29. The Bertz CT molecular complexity index is 591. The summed E-state index contributed by atoms with van der Waals surface area (Å²) in [7, 11) is 1.68. The number of carbonyl (C=O) groups excluding carboxylic acids is 3. The molecule has 0 bridgehead atoms. The van der Waals surface area contributed by atoms with Crippen molar-refractivity contribution in [3.05, 3.63) is 0 Å². The summed E-state index contributed by atoms with van der Waals surface area (Å²) in [5, 5.41) is 9.36. The highest BCUT2D eigenvalue weighted by Gasteiger charge is 2.56. The molecule has 2 fully saturated rings. The van der Waals surface area contributed by atoms with Crippen LogP contribution in [-0.4, -0.2) is 88.3 Å². The van der Waals surface area contributed by atoms with Gasteiger partial charge in [0.05, 0.1) is 6.54 Å². The number of nitrogens with one attached hydrogen (secondary N) is 1. The molecule has 9 nitrogen and oxygen atoms in total. The first-order valence-corrected chi connectivity index (χ1v) is 7.75. The van der Waals surface area contributed by atoms with Crippen molar-refractivity contribution < 1.29 is 14.4 Å². The molecule has 0 radical (unpaired) electrons. The van der Waals surface area contributed by atoms with E-state index in [0.717, 1.165) is 5.71 Å². The summed E-state index contributed by atoms with van der Waals surface area (Å²) in [4.78, 5) is 41.4. The molecule has 2 saturated heterocycles. The van der Waals surface area contributed by atoms with Crippen LogP contribution >= 0.6 is 0 Å². The Morgan fingerprint density at radius 3 is 2.70 bits per heavy atom. The SMILES string of the molecule is CCN1C(=O)C2C(NC3N(CC(C)=O)N=C(C)CN23)N(C)C1=O. The third-order valence-electron chi connectivity index (χ3n) is 4.45. The fraction of sp³-hybridized carbons (Fsp3) is 0.714. The second-order valence-corrected chi connectivity index (χ2v) is 6.21. The number of fused-ring (bicyclic) bond motifs is 3. The van der Waals surface area contributed by atoms with Crippen molar-refractivity contribution in [1.29, 1.82) is 0 Å². The zero-order valence-electron chi connectivity index (χ0n) is 13.8. The summed E-state index contributed by atoms with van der Waals surface area (Å²) in [6.45, 7) is 6.19. The van der Waals surface area contributed by atoms with E-state index in [1.807, 2.05) is 11.8 Å². The Labute approximate surface area is 134 Å². The minimum atomic E-state index is -0.470. The average molecular weight is 322 g/mol. The first kappa shape index (κ1) is 15.9. The Morgan fingerprint density at radius 1 is 1.39 bits per heavy atom. The van der Waals surface area contributed by atoms with E-state index in [4.69, 9.17) is 0 Å². The third kappa shape index (κ3) is 2.40. The van der Waals surface area contributed by atoms with E-state index in [1.165, 1.54) is 11.8 Å². The highest BCUT2D eigenvalue weighted by molar-refractivity contribution is 6.01. The van der Waals surface area contributed by atoms with E-state index in [1.54, 1.807) is 23.9 Å². The molecule has 0 aromatic heterocycles. The summed E-state index contributed by atoms with van der Waals surface area (Å²) < 4.78 is 0. The summed E-state index contributed by atoms with van der Waals surface area (Å²) in [6.07, 6.45) is -0.785. The lowest BCUT2D eigenvalue weighted by Gasteiger charge is -2.42.